The largest absolute Gasteiger partial charge is 0.493 e. The van der Waals surface area contributed by atoms with E-state index in [-0.39, 0.29) is 0 Å². The molecule has 120 valence electrons. The van der Waals surface area contributed by atoms with Crippen LogP contribution in [0.5, 0.6) is 5.75 Å². The highest BCUT2D eigenvalue weighted by Gasteiger charge is 2.06. The molecule has 0 saturated carbocycles. The van der Waals surface area contributed by atoms with Crippen molar-refractivity contribution in [1.29, 1.82) is 0 Å². The van der Waals surface area contributed by atoms with E-state index in [2.05, 4.69) is 39.8 Å². The third-order valence-corrected chi connectivity index (χ3v) is 3.62. The molecule has 0 saturated heterocycles. The molecular formula is C19H32O2. The lowest BCUT2D eigenvalue weighted by Crippen LogP contribution is -2.02. The van der Waals surface area contributed by atoms with E-state index in [4.69, 9.17) is 9.47 Å². The third-order valence-electron chi connectivity index (χ3n) is 3.62. The number of hydrogen-bond acceptors (Lipinski definition) is 2. The van der Waals surface area contributed by atoms with Crippen LogP contribution in [0.25, 0.3) is 0 Å². The molecule has 0 unspecified atom stereocenters. The Labute approximate surface area is 130 Å². The number of benzene rings is 1. The molecule has 0 heterocycles. The van der Waals surface area contributed by atoms with Crippen LogP contribution in [-0.4, -0.2) is 19.8 Å². The van der Waals surface area contributed by atoms with Crippen LogP contribution in [0.15, 0.2) is 12.1 Å². The maximum atomic E-state index is 5.91. The van der Waals surface area contributed by atoms with Gasteiger partial charge in [-0.15, -0.1) is 0 Å². The Bertz CT molecular complexity index is 376. The second kappa shape index (κ2) is 10.7. The Morgan fingerprint density at radius 1 is 0.810 bits per heavy atom. The second-order valence-corrected chi connectivity index (χ2v) is 5.83. The zero-order chi connectivity index (χ0) is 15.5. The lowest BCUT2D eigenvalue weighted by molar-refractivity contribution is 0.131. The van der Waals surface area contributed by atoms with Gasteiger partial charge in [-0.1, -0.05) is 32.4 Å². The summed E-state index contributed by atoms with van der Waals surface area (Å²) in [6, 6.07) is 4.56. The van der Waals surface area contributed by atoms with Gasteiger partial charge in [0.2, 0.25) is 0 Å². The molecule has 1 rings (SSSR count). The minimum absolute atomic E-state index is 0.826. The number of ether oxygens (including phenoxy) is 2. The van der Waals surface area contributed by atoms with Gasteiger partial charge >= 0.3 is 0 Å². The van der Waals surface area contributed by atoms with Gasteiger partial charge in [0.15, 0.2) is 0 Å². The minimum Gasteiger partial charge on any atom is -0.493 e. The van der Waals surface area contributed by atoms with Crippen molar-refractivity contribution in [2.45, 2.75) is 66.2 Å². The summed E-state index contributed by atoms with van der Waals surface area (Å²) < 4.78 is 11.4. The Balaban J connectivity index is 2.42. The number of unbranched alkanes of at least 4 members (excludes halogenated alkanes) is 2. The smallest absolute Gasteiger partial charge is 0.125 e. The summed E-state index contributed by atoms with van der Waals surface area (Å²) >= 11 is 0. The van der Waals surface area contributed by atoms with Gasteiger partial charge in [-0.05, 0) is 62.6 Å². The third kappa shape index (κ3) is 6.99. The fraction of sp³-hybridized carbons (Fsp3) is 0.684. The zero-order valence-corrected chi connectivity index (χ0v) is 14.3. The average Bonchev–Trinajstić information content (AvgIpc) is 2.45. The number of aryl methyl sites for hydroxylation is 3. The molecule has 0 aromatic heterocycles. The number of rotatable bonds is 11. The van der Waals surface area contributed by atoms with Gasteiger partial charge in [0.25, 0.3) is 0 Å². The topological polar surface area (TPSA) is 18.5 Å². The van der Waals surface area contributed by atoms with Crippen molar-refractivity contribution in [2.75, 3.05) is 19.8 Å². The zero-order valence-electron chi connectivity index (χ0n) is 14.3. The van der Waals surface area contributed by atoms with Gasteiger partial charge in [-0.2, -0.15) is 0 Å². The Hall–Kier alpha value is -1.02. The maximum absolute atomic E-state index is 5.91. The van der Waals surface area contributed by atoms with Crippen LogP contribution in [-0.2, 0) is 11.2 Å². The first-order valence-electron chi connectivity index (χ1n) is 8.49. The van der Waals surface area contributed by atoms with Crippen molar-refractivity contribution in [3.8, 4) is 5.75 Å². The summed E-state index contributed by atoms with van der Waals surface area (Å²) in [5.41, 5.74) is 3.95. The molecule has 21 heavy (non-hydrogen) atoms. The van der Waals surface area contributed by atoms with E-state index in [1.54, 1.807) is 0 Å². The quantitative estimate of drug-likeness (QED) is 0.520. The van der Waals surface area contributed by atoms with Crippen molar-refractivity contribution < 1.29 is 9.47 Å². The molecule has 2 nitrogen and oxygen atoms in total. The Morgan fingerprint density at radius 3 is 2.14 bits per heavy atom. The maximum Gasteiger partial charge on any atom is 0.125 e. The fourth-order valence-corrected chi connectivity index (χ4v) is 2.51. The molecule has 1 aromatic carbocycles. The molecule has 0 spiro atoms. The molecular weight excluding hydrogens is 260 g/mol. The van der Waals surface area contributed by atoms with Crippen molar-refractivity contribution in [1.82, 2.24) is 0 Å². The molecule has 0 amide bonds. The van der Waals surface area contributed by atoms with E-state index in [0.29, 0.717) is 0 Å². The SMILES string of the molecule is CCCCOc1c(C)cc(CCCCOCCC)cc1C. The van der Waals surface area contributed by atoms with Gasteiger partial charge in [0, 0.05) is 13.2 Å². The lowest BCUT2D eigenvalue weighted by Gasteiger charge is -2.14. The average molecular weight is 292 g/mol. The van der Waals surface area contributed by atoms with Crippen LogP contribution in [0, 0.1) is 13.8 Å². The lowest BCUT2D eigenvalue weighted by atomic mass is 10.0. The molecule has 0 bridgehead atoms. The van der Waals surface area contributed by atoms with Crippen molar-refractivity contribution >= 4 is 0 Å². The molecule has 0 atom stereocenters. The molecule has 2 heteroatoms. The van der Waals surface area contributed by atoms with E-state index in [9.17, 15) is 0 Å². The second-order valence-electron chi connectivity index (χ2n) is 5.83. The molecule has 0 N–H and O–H groups in total. The highest BCUT2D eigenvalue weighted by Crippen LogP contribution is 2.25. The monoisotopic (exact) mass is 292 g/mol. The van der Waals surface area contributed by atoms with Crippen LogP contribution in [0.2, 0.25) is 0 Å². The van der Waals surface area contributed by atoms with E-state index >= 15 is 0 Å². The highest BCUT2D eigenvalue weighted by molar-refractivity contribution is 5.43. The molecule has 0 radical (unpaired) electrons. The van der Waals surface area contributed by atoms with Crippen LogP contribution in [0.3, 0.4) is 0 Å². The van der Waals surface area contributed by atoms with E-state index in [1.165, 1.54) is 29.5 Å². The highest BCUT2D eigenvalue weighted by atomic mass is 16.5. The van der Waals surface area contributed by atoms with Gasteiger partial charge in [-0.25, -0.2) is 0 Å². The van der Waals surface area contributed by atoms with Crippen LogP contribution in [0.1, 0.15) is 62.6 Å². The molecule has 0 aliphatic rings. The first kappa shape index (κ1) is 18.0. The van der Waals surface area contributed by atoms with E-state index in [1.807, 2.05) is 0 Å². The van der Waals surface area contributed by atoms with Crippen molar-refractivity contribution in [3.63, 3.8) is 0 Å². The Morgan fingerprint density at radius 2 is 1.52 bits per heavy atom. The van der Waals surface area contributed by atoms with Crippen molar-refractivity contribution in [2.24, 2.45) is 0 Å². The molecule has 0 aliphatic heterocycles. The normalized spacial score (nSPS) is 10.9. The summed E-state index contributed by atoms with van der Waals surface area (Å²) in [4.78, 5) is 0. The summed E-state index contributed by atoms with van der Waals surface area (Å²) in [5, 5.41) is 0. The van der Waals surface area contributed by atoms with Crippen LogP contribution < -0.4 is 4.74 Å². The molecule has 1 aromatic rings. The molecule has 0 fully saturated rings. The van der Waals surface area contributed by atoms with Crippen LogP contribution in [0.4, 0.5) is 0 Å². The van der Waals surface area contributed by atoms with E-state index in [0.717, 1.165) is 51.3 Å². The summed E-state index contributed by atoms with van der Waals surface area (Å²) in [6.45, 7) is 11.3. The first-order chi connectivity index (χ1) is 10.2. The van der Waals surface area contributed by atoms with E-state index < -0.39 is 0 Å². The number of hydrogen-bond donors (Lipinski definition) is 0. The standard InChI is InChI=1S/C19H32O2/c1-5-7-13-21-19-16(3)14-18(15-17(19)4)10-8-9-12-20-11-6-2/h14-15H,5-13H2,1-4H3. The summed E-state index contributed by atoms with van der Waals surface area (Å²) in [6.07, 6.45) is 6.88. The van der Waals surface area contributed by atoms with Gasteiger partial charge < -0.3 is 9.47 Å². The minimum atomic E-state index is 0.826. The van der Waals surface area contributed by atoms with Gasteiger partial charge in [-0.3, -0.25) is 0 Å². The summed E-state index contributed by atoms with van der Waals surface area (Å²) in [5.74, 6) is 1.08. The summed E-state index contributed by atoms with van der Waals surface area (Å²) in [7, 11) is 0. The van der Waals surface area contributed by atoms with Gasteiger partial charge in [0.1, 0.15) is 5.75 Å². The van der Waals surface area contributed by atoms with Crippen LogP contribution >= 0.6 is 0 Å². The predicted molar refractivity (Wildman–Crippen MR) is 90.4 cm³/mol. The first-order valence-corrected chi connectivity index (χ1v) is 8.49. The van der Waals surface area contributed by atoms with Gasteiger partial charge in [0.05, 0.1) is 6.61 Å². The Kier molecular flexibility index (Phi) is 9.16. The molecule has 0 aliphatic carbocycles. The van der Waals surface area contributed by atoms with Crippen molar-refractivity contribution in [3.05, 3.63) is 28.8 Å². The fourth-order valence-electron chi connectivity index (χ4n) is 2.51. The predicted octanol–water partition coefficient (Wildman–Crippen LogP) is 5.23.